The second-order valence-electron chi connectivity index (χ2n) is 6.54. The molecule has 1 atom stereocenters. The number of aryl methyl sites for hydroxylation is 1. The fourth-order valence-corrected chi connectivity index (χ4v) is 4.45. The molecule has 1 aliphatic carbocycles. The monoisotopic (exact) mass is 372 g/mol. The number of hydrogen-bond acceptors (Lipinski definition) is 3. The zero-order valence-electron chi connectivity index (χ0n) is 14.9. The van der Waals surface area contributed by atoms with Crippen LogP contribution in [-0.4, -0.2) is 20.9 Å². The van der Waals surface area contributed by atoms with Crippen LogP contribution in [0.1, 0.15) is 53.7 Å². The van der Waals surface area contributed by atoms with Crippen LogP contribution in [0.15, 0.2) is 53.4 Å². The number of sulfonamides is 1. The van der Waals surface area contributed by atoms with E-state index in [2.05, 4.69) is 22.2 Å². The van der Waals surface area contributed by atoms with Gasteiger partial charge < -0.3 is 5.32 Å². The molecule has 26 heavy (non-hydrogen) atoms. The molecule has 0 heterocycles. The molecular weight excluding hydrogens is 348 g/mol. The van der Waals surface area contributed by atoms with Crippen molar-refractivity contribution in [3.05, 3.63) is 65.2 Å². The summed E-state index contributed by atoms with van der Waals surface area (Å²) in [5.74, 6) is -0.251. The van der Waals surface area contributed by atoms with Gasteiger partial charge in [-0.1, -0.05) is 37.3 Å². The summed E-state index contributed by atoms with van der Waals surface area (Å²) in [4.78, 5) is 12.8. The van der Waals surface area contributed by atoms with Gasteiger partial charge in [0, 0.05) is 12.1 Å². The summed E-state index contributed by atoms with van der Waals surface area (Å²) in [6, 6.07) is 14.3. The van der Waals surface area contributed by atoms with E-state index in [9.17, 15) is 13.2 Å². The third kappa shape index (κ3) is 4.14. The van der Waals surface area contributed by atoms with Gasteiger partial charge >= 0.3 is 0 Å². The molecule has 1 amide bonds. The Hall–Kier alpha value is -2.18. The van der Waals surface area contributed by atoms with Crippen LogP contribution in [0.2, 0.25) is 0 Å². The first-order chi connectivity index (χ1) is 12.5. The Kier molecular flexibility index (Phi) is 5.74. The Morgan fingerprint density at radius 1 is 1.15 bits per heavy atom. The first kappa shape index (κ1) is 18.6. The van der Waals surface area contributed by atoms with Gasteiger partial charge in [-0.25, -0.2) is 13.1 Å². The van der Waals surface area contributed by atoms with Crippen molar-refractivity contribution in [2.24, 2.45) is 0 Å². The van der Waals surface area contributed by atoms with Crippen molar-refractivity contribution in [3.63, 3.8) is 0 Å². The summed E-state index contributed by atoms with van der Waals surface area (Å²) in [6.07, 6.45) is 3.65. The Labute approximate surface area is 154 Å². The maximum absolute atomic E-state index is 12.7. The molecule has 2 aromatic carbocycles. The third-order valence-corrected chi connectivity index (χ3v) is 6.08. The standard InChI is InChI=1S/C20H24N2O3S/c1-2-13-21-26(24,25)17-10-5-9-16(14-17)20(23)22-19-12-6-8-15-7-3-4-11-18(15)19/h3-5,7,9-11,14,19,21H,2,6,8,12-13H2,1H3,(H,22,23)/t19-/m0/s1. The molecule has 0 fully saturated rings. The predicted molar refractivity (Wildman–Crippen MR) is 102 cm³/mol. The van der Waals surface area contributed by atoms with E-state index in [-0.39, 0.29) is 16.8 Å². The lowest BCUT2D eigenvalue weighted by Gasteiger charge is -2.26. The molecule has 0 saturated heterocycles. The number of amides is 1. The minimum Gasteiger partial charge on any atom is -0.345 e. The van der Waals surface area contributed by atoms with Gasteiger partial charge in [0.15, 0.2) is 0 Å². The van der Waals surface area contributed by atoms with Crippen LogP contribution >= 0.6 is 0 Å². The number of rotatable bonds is 6. The van der Waals surface area contributed by atoms with Crippen molar-refractivity contribution in [2.45, 2.75) is 43.5 Å². The molecule has 2 N–H and O–H groups in total. The number of nitrogens with one attached hydrogen (secondary N) is 2. The lowest BCUT2D eigenvalue weighted by Crippen LogP contribution is -2.31. The van der Waals surface area contributed by atoms with E-state index < -0.39 is 10.0 Å². The number of carbonyl (C=O) groups excluding carboxylic acids is 1. The summed E-state index contributed by atoms with van der Waals surface area (Å²) in [5, 5.41) is 3.06. The molecule has 0 radical (unpaired) electrons. The molecule has 0 spiro atoms. The highest BCUT2D eigenvalue weighted by molar-refractivity contribution is 7.89. The molecular formula is C20H24N2O3S. The molecule has 0 aliphatic heterocycles. The quantitative estimate of drug-likeness (QED) is 0.818. The molecule has 1 aliphatic rings. The van der Waals surface area contributed by atoms with Crippen molar-refractivity contribution in [1.82, 2.24) is 10.0 Å². The lowest BCUT2D eigenvalue weighted by atomic mass is 9.87. The van der Waals surface area contributed by atoms with Crippen LogP contribution in [0, 0.1) is 0 Å². The van der Waals surface area contributed by atoms with Gasteiger partial charge in [-0.05, 0) is 55.0 Å². The van der Waals surface area contributed by atoms with E-state index in [1.807, 2.05) is 19.1 Å². The molecule has 0 aromatic heterocycles. The lowest BCUT2D eigenvalue weighted by molar-refractivity contribution is 0.0932. The number of carbonyl (C=O) groups is 1. The van der Waals surface area contributed by atoms with Crippen LogP contribution in [0.3, 0.4) is 0 Å². The molecule has 0 saturated carbocycles. The summed E-state index contributed by atoms with van der Waals surface area (Å²) >= 11 is 0. The van der Waals surface area contributed by atoms with Gasteiger partial charge in [0.05, 0.1) is 10.9 Å². The van der Waals surface area contributed by atoms with Crippen LogP contribution in [0.25, 0.3) is 0 Å². The second-order valence-corrected chi connectivity index (χ2v) is 8.31. The third-order valence-electron chi connectivity index (χ3n) is 4.62. The molecule has 3 rings (SSSR count). The maximum atomic E-state index is 12.7. The maximum Gasteiger partial charge on any atom is 0.251 e. The first-order valence-electron chi connectivity index (χ1n) is 8.99. The first-order valence-corrected chi connectivity index (χ1v) is 10.5. The Bertz CT molecular complexity index is 893. The minimum absolute atomic E-state index is 0.0362. The van der Waals surface area contributed by atoms with E-state index in [0.717, 1.165) is 24.8 Å². The summed E-state index contributed by atoms with van der Waals surface area (Å²) in [7, 11) is -3.59. The van der Waals surface area contributed by atoms with Crippen LogP contribution in [0.5, 0.6) is 0 Å². The summed E-state index contributed by atoms with van der Waals surface area (Å²) in [6.45, 7) is 2.27. The Balaban J connectivity index is 1.78. The number of fused-ring (bicyclic) bond motifs is 1. The largest absolute Gasteiger partial charge is 0.345 e. The van der Waals surface area contributed by atoms with E-state index in [0.29, 0.717) is 18.5 Å². The predicted octanol–water partition coefficient (Wildman–Crippen LogP) is 3.18. The molecule has 5 nitrogen and oxygen atoms in total. The average Bonchev–Trinajstić information content (AvgIpc) is 2.67. The zero-order valence-corrected chi connectivity index (χ0v) is 15.7. The van der Waals surface area contributed by atoms with Crippen molar-refractivity contribution in [2.75, 3.05) is 6.54 Å². The van der Waals surface area contributed by atoms with E-state index in [4.69, 9.17) is 0 Å². The van der Waals surface area contributed by atoms with Crippen molar-refractivity contribution in [1.29, 1.82) is 0 Å². The second kappa shape index (κ2) is 8.01. The van der Waals surface area contributed by atoms with Crippen molar-refractivity contribution >= 4 is 15.9 Å². The average molecular weight is 372 g/mol. The van der Waals surface area contributed by atoms with Gasteiger partial charge in [-0.2, -0.15) is 0 Å². The number of benzene rings is 2. The Morgan fingerprint density at radius 2 is 1.96 bits per heavy atom. The number of hydrogen-bond donors (Lipinski definition) is 2. The highest BCUT2D eigenvalue weighted by Gasteiger charge is 2.22. The van der Waals surface area contributed by atoms with E-state index >= 15 is 0 Å². The molecule has 0 bridgehead atoms. The summed E-state index contributed by atoms with van der Waals surface area (Å²) < 4.78 is 27.1. The topological polar surface area (TPSA) is 75.3 Å². The van der Waals surface area contributed by atoms with E-state index in [1.165, 1.54) is 17.7 Å². The molecule has 2 aromatic rings. The minimum atomic E-state index is -3.59. The SMILES string of the molecule is CCCNS(=O)(=O)c1cccc(C(=O)N[C@H]2CCCc3ccccc32)c1. The fourth-order valence-electron chi connectivity index (χ4n) is 3.27. The Morgan fingerprint density at radius 3 is 2.77 bits per heavy atom. The fraction of sp³-hybridized carbons (Fsp3) is 0.350. The molecule has 138 valence electrons. The van der Waals surface area contributed by atoms with Gasteiger partial charge in [0.1, 0.15) is 0 Å². The zero-order chi connectivity index (χ0) is 18.6. The van der Waals surface area contributed by atoms with Gasteiger partial charge in [-0.3, -0.25) is 4.79 Å². The highest BCUT2D eigenvalue weighted by atomic mass is 32.2. The van der Waals surface area contributed by atoms with Gasteiger partial charge in [-0.15, -0.1) is 0 Å². The van der Waals surface area contributed by atoms with E-state index in [1.54, 1.807) is 12.1 Å². The summed E-state index contributed by atoms with van der Waals surface area (Å²) in [5.41, 5.74) is 2.78. The van der Waals surface area contributed by atoms with Crippen LogP contribution < -0.4 is 10.0 Å². The molecule has 6 heteroatoms. The smallest absolute Gasteiger partial charge is 0.251 e. The van der Waals surface area contributed by atoms with Crippen LogP contribution in [0.4, 0.5) is 0 Å². The van der Waals surface area contributed by atoms with Crippen molar-refractivity contribution < 1.29 is 13.2 Å². The van der Waals surface area contributed by atoms with Gasteiger partial charge in [0.25, 0.3) is 5.91 Å². The van der Waals surface area contributed by atoms with Gasteiger partial charge in [0.2, 0.25) is 10.0 Å². The van der Waals surface area contributed by atoms with Crippen molar-refractivity contribution in [3.8, 4) is 0 Å². The van der Waals surface area contributed by atoms with Crippen LogP contribution in [-0.2, 0) is 16.4 Å². The normalized spacial score (nSPS) is 16.7. The molecule has 0 unspecified atom stereocenters. The highest BCUT2D eigenvalue weighted by Crippen LogP contribution is 2.29.